The standard InChI is InChI=1S/C27H24N10O9S3/c1-35-9-30-37-16(35)5-15(28)32-27(37)49-7-11-6-47-23-18(22(41)36(23)19(11)24(42)43)33-21(40)17(12-8-48-26(29)31-12)34-46-20(25(44)45)10-2-3-13(38)14(39)4-10/h2-5,8-9,18,20,23,28H,6-7H2,1H3,(H7,29,31,33,34,38,39,40,42,43,44,45)/p+1/t18?,20?,23-/m1/s1. The number of amides is 2. The van der Waals surface area contributed by atoms with Crippen molar-refractivity contribution < 1.29 is 49.0 Å². The number of hydrogen-bond donors (Lipinski definition) is 7. The number of thioether (sulfide) groups is 2. The Labute approximate surface area is 286 Å². The smallest absolute Gasteiger partial charge is 0.352 e. The summed E-state index contributed by atoms with van der Waals surface area (Å²) in [6, 6.07) is 3.65. The van der Waals surface area contributed by atoms with Gasteiger partial charge in [0, 0.05) is 27.5 Å². The van der Waals surface area contributed by atoms with Crippen LogP contribution in [-0.2, 0) is 31.1 Å². The van der Waals surface area contributed by atoms with Crippen LogP contribution in [0.2, 0.25) is 0 Å². The summed E-state index contributed by atoms with van der Waals surface area (Å²) in [5, 5.41) is 50.9. The number of benzene rings is 1. The van der Waals surface area contributed by atoms with E-state index < -0.39 is 58.5 Å². The largest absolute Gasteiger partial charge is 0.504 e. The van der Waals surface area contributed by atoms with Crippen LogP contribution in [-0.4, -0.2) is 97.3 Å². The zero-order chi connectivity index (χ0) is 35.1. The van der Waals surface area contributed by atoms with Gasteiger partial charge in [-0.05, 0) is 22.2 Å². The number of aliphatic carboxylic acids is 2. The second-order valence-electron chi connectivity index (χ2n) is 10.5. The van der Waals surface area contributed by atoms with Crippen LogP contribution < -0.4 is 21.4 Å². The average Bonchev–Trinajstić information content (AvgIpc) is 3.66. The molecule has 2 amide bonds. The van der Waals surface area contributed by atoms with Crippen molar-refractivity contribution in [1.82, 2.24) is 29.8 Å². The van der Waals surface area contributed by atoms with E-state index in [2.05, 4.69) is 25.5 Å². The lowest BCUT2D eigenvalue weighted by atomic mass is 10.0. The highest BCUT2D eigenvalue weighted by molar-refractivity contribution is 8.01. The van der Waals surface area contributed by atoms with Crippen LogP contribution >= 0.6 is 34.9 Å². The maximum Gasteiger partial charge on any atom is 0.352 e. The number of β-lactam (4-membered cyclic amide) rings is 1. The highest BCUT2D eigenvalue weighted by Gasteiger charge is 2.54. The minimum Gasteiger partial charge on any atom is -0.504 e. The number of oxime groups is 1. The summed E-state index contributed by atoms with van der Waals surface area (Å²) in [7, 11) is 1.79. The summed E-state index contributed by atoms with van der Waals surface area (Å²) in [6.45, 7) is 0. The van der Waals surface area contributed by atoms with Crippen molar-refractivity contribution in [2.45, 2.75) is 22.7 Å². The Bertz CT molecular complexity index is 2100. The molecule has 9 N–H and O–H groups in total. The number of phenolic OH excluding ortho intramolecular Hbond substituents is 2. The lowest BCUT2D eigenvalue weighted by molar-refractivity contribution is -0.646. The average molecular weight is 730 g/mol. The van der Waals surface area contributed by atoms with Gasteiger partial charge in [-0.2, -0.15) is 4.98 Å². The van der Waals surface area contributed by atoms with Crippen molar-refractivity contribution in [2.75, 3.05) is 23.0 Å². The quantitative estimate of drug-likeness (QED) is 0.0198. The third kappa shape index (κ3) is 6.35. The first-order valence-corrected chi connectivity index (χ1v) is 16.8. The lowest BCUT2D eigenvalue weighted by Gasteiger charge is -2.49. The predicted octanol–water partition coefficient (Wildman–Crippen LogP) is -0.337. The third-order valence-corrected chi connectivity index (χ3v) is 10.3. The van der Waals surface area contributed by atoms with Gasteiger partial charge in [-0.15, -0.1) is 23.1 Å². The molecule has 19 nitrogen and oxygen atoms in total. The van der Waals surface area contributed by atoms with Gasteiger partial charge in [0.2, 0.25) is 6.10 Å². The number of aryl methyl sites for hydroxylation is 1. The molecule has 1 fully saturated rings. The summed E-state index contributed by atoms with van der Waals surface area (Å²) in [6.07, 6.45) is -0.247. The maximum atomic E-state index is 13.5. The van der Waals surface area contributed by atoms with E-state index in [1.165, 1.54) is 35.0 Å². The molecule has 2 unspecified atom stereocenters. The van der Waals surface area contributed by atoms with Crippen molar-refractivity contribution in [3.63, 3.8) is 0 Å². The van der Waals surface area contributed by atoms with Gasteiger partial charge >= 0.3 is 11.9 Å². The summed E-state index contributed by atoms with van der Waals surface area (Å²) in [4.78, 5) is 65.9. The van der Waals surface area contributed by atoms with Gasteiger partial charge < -0.3 is 42.0 Å². The van der Waals surface area contributed by atoms with Crippen LogP contribution in [0.1, 0.15) is 17.4 Å². The number of rotatable bonds is 11. The molecule has 0 spiro atoms. The fourth-order valence-electron chi connectivity index (χ4n) is 4.94. The van der Waals surface area contributed by atoms with E-state index in [9.17, 15) is 39.6 Å². The third-order valence-electron chi connectivity index (χ3n) is 7.27. The molecule has 2 aliphatic heterocycles. The Morgan fingerprint density at radius 2 is 1.98 bits per heavy atom. The second kappa shape index (κ2) is 13.1. The van der Waals surface area contributed by atoms with Gasteiger partial charge in [-0.25, -0.2) is 19.1 Å². The number of hydrogen-bond acceptors (Lipinski definition) is 16. The number of carbonyl (C=O) groups excluding carboxylic acids is 2. The summed E-state index contributed by atoms with van der Waals surface area (Å²) >= 11 is 3.39. The van der Waals surface area contributed by atoms with E-state index in [0.29, 0.717) is 16.4 Å². The zero-order valence-electron chi connectivity index (χ0n) is 25.0. The first-order valence-electron chi connectivity index (χ1n) is 13.9. The molecular formula is C27H25N10O9S3+. The Morgan fingerprint density at radius 3 is 2.65 bits per heavy atom. The highest BCUT2D eigenvalue weighted by atomic mass is 32.2. The lowest BCUT2D eigenvalue weighted by Crippen LogP contribution is -2.71. The molecule has 1 saturated heterocycles. The Hall–Kier alpha value is -5.61. The monoisotopic (exact) mass is 729 g/mol. The van der Waals surface area contributed by atoms with E-state index in [-0.39, 0.29) is 39.4 Å². The molecular weight excluding hydrogens is 705 g/mol. The second-order valence-corrected chi connectivity index (χ2v) is 13.4. The molecule has 6 rings (SSSR count). The van der Waals surface area contributed by atoms with Gasteiger partial charge in [0.05, 0.1) is 13.1 Å². The molecule has 0 radical (unpaired) electrons. The van der Waals surface area contributed by atoms with Crippen LogP contribution in [0, 0.1) is 0 Å². The molecule has 0 bridgehead atoms. The molecule has 3 atom stereocenters. The number of carboxylic acid groups (broad SMARTS) is 2. The minimum absolute atomic E-state index is 0.0553. The van der Waals surface area contributed by atoms with Crippen molar-refractivity contribution in [3.8, 4) is 11.5 Å². The Morgan fingerprint density at radius 1 is 1.20 bits per heavy atom. The van der Waals surface area contributed by atoms with Crippen LogP contribution in [0.15, 0.2) is 57.6 Å². The molecule has 0 aliphatic carbocycles. The molecule has 2 aliphatic rings. The van der Waals surface area contributed by atoms with Crippen LogP contribution in [0.3, 0.4) is 0 Å². The number of aromatic nitrogens is 5. The number of anilines is 2. The van der Waals surface area contributed by atoms with Crippen LogP contribution in [0.5, 0.6) is 11.5 Å². The number of fused-ring (bicyclic) bond motifs is 2. The van der Waals surface area contributed by atoms with Gasteiger partial charge in [-0.3, -0.25) is 14.5 Å². The van der Waals surface area contributed by atoms with Gasteiger partial charge in [0.1, 0.15) is 28.6 Å². The van der Waals surface area contributed by atoms with Crippen molar-refractivity contribution in [2.24, 2.45) is 12.2 Å². The van der Waals surface area contributed by atoms with Crippen molar-refractivity contribution in [1.29, 1.82) is 0 Å². The van der Waals surface area contributed by atoms with E-state index in [4.69, 9.17) is 16.3 Å². The molecule has 22 heteroatoms. The maximum absolute atomic E-state index is 13.5. The number of nitrogens with one attached hydrogen (secondary N) is 1. The van der Waals surface area contributed by atoms with E-state index in [1.54, 1.807) is 28.5 Å². The van der Waals surface area contributed by atoms with Crippen molar-refractivity contribution in [3.05, 3.63) is 58.5 Å². The number of nitrogens with two attached hydrogens (primary N) is 2. The van der Waals surface area contributed by atoms with E-state index in [0.717, 1.165) is 28.4 Å². The van der Waals surface area contributed by atoms with Gasteiger partial charge in [0.15, 0.2) is 22.3 Å². The predicted molar refractivity (Wildman–Crippen MR) is 173 cm³/mol. The number of phenols is 2. The van der Waals surface area contributed by atoms with Crippen LogP contribution in [0.25, 0.3) is 5.65 Å². The SMILES string of the molecule is C[n+]1cnn2c(SCC3=C(C(=O)O)N4C(=O)C(NC(=O)/C(=N\OC(C(=O)O)c5ccc(O)c(O)c5)c5csc(N)n5)[C@H]4SC3)nc(N)cc21. The summed E-state index contributed by atoms with van der Waals surface area (Å²) in [5.74, 6) is -5.04. The van der Waals surface area contributed by atoms with E-state index in [1.807, 2.05) is 0 Å². The van der Waals surface area contributed by atoms with Gasteiger partial charge in [-0.1, -0.05) is 23.0 Å². The summed E-state index contributed by atoms with van der Waals surface area (Å²) < 4.78 is 3.31. The van der Waals surface area contributed by atoms with Crippen molar-refractivity contribution >= 4 is 80.9 Å². The van der Waals surface area contributed by atoms with Crippen LogP contribution in [0.4, 0.5) is 10.9 Å². The first kappa shape index (κ1) is 33.3. The highest BCUT2D eigenvalue weighted by Crippen LogP contribution is 2.41. The number of thiazole rings is 1. The fourth-order valence-corrected chi connectivity index (χ4v) is 7.93. The Kier molecular flexibility index (Phi) is 8.92. The molecule has 1 aromatic carbocycles. The van der Waals surface area contributed by atoms with E-state index >= 15 is 0 Å². The first-order chi connectivity index (χ1) is 23.3. The van der Waals surface area contributed by atoms with Gasteiger partial charge in [0.25, 0.3) is 28.9 Å². The number of carboxylic acids is 2. The molecule has 3 aromatic heterocycles. The number of aromatic hydroxyl groups is 2. The normalized spacial score (nSPS) is 18.2. The minimum atomic E-state index is -1.82. The number of nitrogen functional groups attached to an aromatic ring is 2. The number of carbonyl (C=O) groups is 4. The topological polar surface area (TPSA) is 285 Å². The molecule has 0 saturated carbocycles. The fraction of sp³-hybridized carbons (Fsp3) is 0.222. The number of nitrogens with zero attached hydrogens (tertiary/aromatic N) is 7. The molecule has 5 heterocycles. The molecule has 49 heavy (non-hydrogen) atoms. The Balaban J connectivity index is 1.21. The molecule has 254 valence electrons. The zero-order valence-corrected chi connectivity index (χ0v) is 27.4. The summed E-state index contributed by atoms with van der Waals surface area (Å²) in [5.41, 5.74) is 11.9. The molecule has 4 aromatic rings.